The van der Waals surface area contributed by atoms with Gasteiger partial charge in [-0.05, 0) is 50.4 Å². The normalized spacial score (nSPS) is 22.7. The summed E-state index contributed by atoms with van der Waals surface area (Å²) in [6.45, 7) is 2.51. The molecule has 26 heavy (non-hydrogen) atoms. The number of carbonyl (C=O) groups excluding carboxylic acids is 1. The molecule has 0 radical (unpaired) electrons. The van der Waals surface area contributed by atoms with Crippen LogP contribution in [0.15, 0.2) is 35.2 Å². The number of piperidine rings is 1. The number of nitrogens with one attached hydrogen (secondary N) is 1. The van der Waals surface area contributed by atoms with Gasteiger partial charge in [-0.1, -0.05) is 18.2 Å². The van der Waals surface area contributed by atoms with Gasteiger partial charge in [-0.15, -0.1) is 24.2 Å². The predicted molar refractivity (Wildman–Crippen MR) is 109 cm³/mol. The van der Waals surface area contributed by atoms with Gasteiger partial charge in [0.25, 0.3) is 0 Å². The summed E-state index contributed by atoms with van der Waals surface area (Å²) >= 11 is 1.81. The van der Waals surface area contributed by atoms with E-state index in [1.54, 1.807) is 16.7 Å². The van der Waals surface area contributed by atoms with Gasteiger partial charge in [-0.25, -0.2) is 8.42 Å². The van der Waals surface area contributed by atoms with Crippen molar-refractivity contribution in [1.29, 1.82) is 0 Å². The third kappa shape index (κ3) is 4.55. The van der Waals surface area contributed by atoms with E-state index < -0.39 is 14.6 Å². The molecule has 0 bridgehead atoms. The van der Waals surface area contributed by atoms with E-state index in [0.717, 1.165) is 12.2 Å². The van der Waals surface area contributed by atoms with Crippen LogP contribution in [0.2, 0.25) is 0 Å². The van der Waals surface area contributed by atoms with Gasteiger partial charge in [0.1, 0.15) is 0 Å². The first-order valence-corrected chi connectivity index (χ1v) is 11.7. The van der Waals surface area contributed by atoms with Crippen LogP contribution < -0.4 is 5.32 Å². The lowest BCUT2D eigenvalue weighted by atomic mass is 9.95. The molecule has 0 saturated carbocycles. The molecule has 2 saturated heterocycles. The van der Waals surface area contributed by atoms with E-state index in [1.807, 2.05) is 18.2 Å². The quantitative estimate of drug-likeness (QED) is 0.742. The Bertz CT molecular complexity index is 706. The Labute approximate surface area is 166 Å². The summed E-state index contributed by atoms with van der Waals surface area (Å²) in [4.78, 5) is 16.1. The lowest BCUT2D eigenvalue weighted by Crippen LogP contribution is -2.57. The van der Waals surface area contributed by atoms with Crippen molar-refractivity contribution in [2.75, 3.05) is 38.2 Å². The maximum Gasteiger partial charge on any atom is 0.244 e. The molecule has 2 fully saturated rings. The van der Waals surface area contributed by atoms with Crippen LogP contribution in [0.4, 0.5) is 0 Å². The zero-order valence-corrected chi connectivity index (χ0v) is 17.5. The Morgan fingerprint density at radius 2 is 1.92 bits per heavy atom. The maximum absolute atomic E-state index is 13.1. The number of amides is 1. The van der Waals surface area contributed by atoms with E-state index in [4.69, 9.17) is 0 Å². The second kappa shape index (κ2) is 8.95. The molecule has 0 aliphatic carbocycles. The van der Waals surface area contributed by atoms with Crippen LogP contribution in [-0.4, -0.2) is 62.2 Å². The Balaban J connectivity index is 0.00000243. The summed E-state index contributed by atoms with van der Waals surface area (Å²) in [5.41, 5.74) is 0. The van der Waals surface area contributed by atoms with Crippen molar-refractivity contribution in [2.24, 2.45) is 5.92 Å². The summed E-state index contributed by atoms with van der Waals surface area (Å²) in [5.74, 6) is 1.21. The van der Waals surface area contributed by atoms with Crippen LogP contribution in [0.3, 0.4) is 0 Å². The summed E-state index contributed by atoms with van der Waals surface area (Å²) in [7, 11) is -3.43. The van der Waals surface area contributed by atoms with Gasteiger partial charge >= 0.3 is 0 Å². The predicted octanol–water partition coefficient (Wildman–Crippen LogP) is 2.22. The lowest BCUT2D eigenvalue weighted by Gasteiger charge is -2.37. The first-order chi connectivity index (χ1) is 11.9. The molecule has 1 atom stereocenters. The number of likely N-dealkylation sites (tertiary alicyclic amines) is 1. The fourth-order valence-electron chi connectivity index (χ4n) is 3.75. The highest BCUT2D eigenvalue weighted by atomic mass is 35.5. The van der Waals surface area contributed by atoms with Crippen LogP contribution >= 0.6 is 24.2 Å². The largest absolute Gasteiger partial charge is 0.341 e. The van der Waals surface area contributed by atoms with E-state index in [1.165, 1.54) is 11.2 Å². The number of carbonyl (C=O) groups is 1. The van der Waals surface area contributed by atoms with Crippen LogP contribution in [0.1, 0.15) is 19.3 Å². The number of rotatable bonds is 5. The Morgan fingerprint density at radius 3 is 2.54 bits per heavy atom. The van der Waals surface area contributed by atoms with Crippen molar-refractivity contribution in [3.8, 4) is 0 Å². The molecule has 8 heteroatoms. The van der Waals surface area contributed by atoms with Crippen LogP contribution in [0, 0.1) is 5.92 Å². The molecule has 1 unspecified atom stereocenters. The molecule has 0 spiro atoms. The average molecular weight is 419 g/mol. The Morgan fingerprint density at radius 1 is 1.27 bits per heavy atom. The number of hydrogen-bond acceptors (Lipinski definition) is 5. The molecule has 146 valence electrons. The van der Waals surface area contributed by atoms with E-state index in [0.29, 0.717) is 44.9 Å². The Hall–Kier alpha value is -0.760. The van der Waals surface area contributed by atoms with Gasteiger partial charge in [0.05, 0.1) is 0 Å². The number of hydrogen-bond donors (Lipinski definition) is 1. The lowest BCUT2D eigenvalue weighted by molar-refractivity contribution is -0.133. The third-order valence-electron chi connectivity index (χ3n) is 5.31. The van der Waals surface area contributed by atoms with Gasteiger partial charge in [-0.2, -0.15) is 0 Å². The summed E-state index contributed by atoms with van der Waals surface area (Å²) in [6.07, 6.45) is 2.92. The number of thioether (sulfide) groups is 1. The SMILES string of the molecule is CS(=O)(=O)C1(C(=O)N2CCC(CSc3ccccc3)C2)CCNCC1.Cl. The van der Waals surface area contributed by atoms with Gasteiger partial charge < -0.3 is 10.2 Å². The minimum Gasteiger partial charge on any atom is -0.341 e. The standard InChI is InChI=1S/C18H26N2O3S2.ClH/c1-25(22,23)18(8-10-19-11-9-18)17(21)20-12-7-15(13-20)14-24-16-5-3-2-4-6-16;/h2-6,15,19H,7-14H2,1H3;1H. The zero-order valence-electron chi connectivity index (χ0n) is 15.0. The van der Waals surface area contributed by atoms with Gasteiger partial charge in [-0.3, -0.25) is 4.79 Å². The molecular weight excluding hydrogens is 392 g/mol. The Kier molecular flexibility index (Phi) is 7.42. The number of sulfone groups is 1. The minimum absolute atomic E-state index is 0. The summed E-state index contributed by atoms with van der Waals surface area (Å²) in [6, 6.07) is 10.2. The first kappa shape index (κ1) is 21.5. The summed E-state index contributed by atoms with van der Waals surface area (Å²) < 4.78 is 23.6. The molecule has 1 N–H and O–H groups in total. The van der Waals surface area contributed by atoms with E-state index >= 15 is 0 Å². The van der Waals surface area contributed by atoms with Crippen molar-refractivity contribution in [1.82, 2.24) is 10.2 Å². The molecule has 5 nitrogen and oxygen atoms in total. The summed E-state index contributed by atoms with van der Waals surface area (Å²) in [5, 5.41) is 3.17. The van der Waals surface area contributed by atoms with E-state index in [-0.39, 0.29) is 18.3 Å². The maximum atomic E-state index is 13.1. The fourth-order valence-corrected chi connectivity index (χ4v) is 6.19. The van der Waals surface area contributed by atoms with Crippen molar-refractivity contribution in [3.63, 3.8) is 0 Å². The van der Waals surface area contributed by atoms with Crippen molar-refractivity contribution in [2.45, 2.75) is 28.9 Å². The highest BCUT2D eigenvalue weighted by Gasteiger charge is 2.51. The smallest absolute Gasteiger partial charge is 0.244 e. The molecule has 1 amide bonds. The molecule has 1 aromatic carbocycles. The van der Waals surface area contributed by atoms with Crippen LogP contribution in [-0.2, 0) is 14.6 Å². The minimum atomic E-state index is -3.43. The molecule has 2 aliphatic rings. The molecular formula is C18H27ClN2O3S2. The number of benzene rings is 1. The van der Waals surface area contributed by atoms with E-state index in [9.17, 15) is 13.2 Å². The molecule has 3 rings (SSSR count). The monoisotopic (exact) mass is 418 g/mol. The zero-order chi connectivity index (χ0) is 17.9. The highest BCUT2D eigenvalue weighted by molar-refractivity contribution is 7.99. The van der Waals surface area contributed by atoms with Crippen molar-refractivity contribution in [3.05, 3.63) is 30.3 Å². The first-order valence-electron chi connectivity index (χ1n) is 8.80. The molecule has 0 aromatic heterocycles. The molecule has 2 heterocycles. The van der Waals surface area contributed by atoms with Gasteiger partial charge in [0, 0.05) is 30.0 Å². The number of halogens is 1. The second-order valence-corrected chi connectivity index (χ2v) is 10.5. The highest BCUT2D eigenvalue weighted by Crippen LogP contribution is 2.33. The van der Waals surface area contributed by atoms with E-state index in [2.05, 4.69) is 17.4 Å². The van der Waals surface area contributed by atoms with Gasteiger partial charge in [0.15, 0.2) is 14.6 Å². The van der Waals surface area contributed by atoms with Gasteiger partial charge in [0.2, 0.25) is 5.91 Å². The number of nitrogens with zero attached hydrogens (tertiary/aromatic N) is 1. The second-order valence-electron chi connectivity index (χ2n) is 7.05. The van der Waals surface area contributed by atoms with Crippen LogP contribution in [0.25, 0.3) is 0 Å². The molecule has 2 aliphatic heterocycles. The average Bonchev–Trinajstić information content (AvgIpc) is 3.09. The third-order valence-corrected chi connectivity index (χ3v) is 8.56. The fraction of sp³-hybridized carbons (Fsp3) is 0.611. The molecule has 1 aromatic rings. The topological polar surface area (TPSA) is 66.5 Å². The van der Waals surface area contributed by atoms with Crippen LogP contribution in [0.5, 0.6) is 0 Å². The van der Waals surface area contributed by atoms with Crippen molar-refractivity contribution >= 4 is 39.9 Å². The van der Waals surface area contributed by atoms with Crippen molar-refractivity contribution < 1.29 is 13.2 Å².